The summed E-state index contributed by atoms with van der Waals surface area (Å²) in [4.78, 5) is 36.7. The van der Waals surface area contributed by atoms with Gasteiger partial charge < -0.3 is 15.1 Å². The third-order valence-corrected chi connectivity index (χ3v) is 6.64. The number of hydrogen-bond acceptors (Lipinski definition) is 6. The van der Waals surface area contributed by atoms with Crippen molar-refractivity contribution in [2.24, 2.45) is 5.41 Å². The summed E-state index contributed by atoms with van der Waals surface area (Å²) in [5, 5.41) is 14.8. The molecule has 0 radical (unpaired) electrons. The Morgan fingerprint density at radius 3 is 2.06 bits per heavy atom. The molecular weight excluding hydrogens is 438 g/mol. The number of nitrogens with zero attached hydrogens (tertiary/aromatic N) is 3. The van der Waals surface area contributed by atoms with Gasteiger partial charge in [0, 0.05) is 44.0 Å². The number of hydrogen-bond donors (Lipinski definition) is 2. The molecule has 2 rings (SSSR count). The number of aliphatic carboxylic acids is 2. The van der Waals surface area contributed by atoms with Gasteiger partial charge in [-0.3, -0.25) is 9.78 Å². The highest BCUT2D eigenvalue weighted by atomic mass is 32.2. The first-order chi connectivity index (χ1) is 14.8. The van der Waals surface area contributed by atoms with Gasteiger partial charge >= 0.3 is 11.9 Å². The van der Waals surface area contributed by atoms with Crippen LogP contribution < -0.4 is 0 Å². The van der Waals surface area contributed by atoms with Crippen LogP contribution in [0.1, 0.15) is 52.0 Å². The lowest BCUT2D eigenvalue weighted by Gasteiger charge is -2.30. The quantitative estimate of drug-likeness (QED) is 0.598. The first-order valence-corrected chi connectivity index (χ1v) is 12.1. The second-order valence-corrected chi connectivity index (χ2v) is 10.7. The van der Waals surface area contributed by atoms with Gasteiger partial charge in [-0.15, -0.1) is 0 Å². The average Bonchev–Trinajstić information content (AvgIpc) is 3.01. The lowest BCUT2D eigenvalue weighted by atomic mass is 9.94. The number of carbonyl (C=O) groups excluding carboxylic acids is 1. The van der Waals surface area contributed by atoms with E-state index in [1.807, 2.05) is 32.9 Å². The van der Waals surface area contributed by atoms with E-state index in [9.17, 15) is 13.2 Å². The number of pyridine rings is 1. The fourth-order valence-electron chi connectivity index (χ4n) is 3.11. The fourth-order valence-corrected chi connectivity index (χ4v) is 4.64. The number of rotatable bonds is 6. The molecule has 0 aliphatic carbocycles. The van der Waals surface area contributed by atoms with Crippen LogP contribution in [0.5, 0.6) is 0 Å². The summed E-state index contributed by atoms with van der Waals surface area (Å²) in [6.07, 6.45) is 7.40. The van der Waals surface area contributed by atoms with Crippen molar-refractivity contribution in [3.8, 4) is 0 Å². The van der Waals surface area contributed by atoms with Gasteiger partial charge in [0.25, 0.3) is 0 Å². The smallest absolute Gasteiger partial charge is 0.414 e. The maximum absolute atomic E-state index is 12.8. The molecule has 2 N–H and O–H groups in total. The number of sulfonamides is 1. The highest BCUT2D eigenvalue weighted by molar-refractivity contribution is 7.89. The lowest BCUT2D eigenvalue weighted by Crippen LogP contribution is -2.43. The van der Waals surface area contributed by atoms with Crippen molar-refractivity contribution in [1.82, 2.24) is 14.2 Å². The van der Waals surface area contributed by atoms with E-state index in [-0.39, 0.29) is 18.2 Å². The van der Waals surface area contributed by atoms with Crippen molar-refractivity contribution < 1.29 is 33.0 Å². The van der Waals surface area contributed by atoms with Crippen LogP contribution in [0.15, 0.2) is 24.5 Å². The zero-order chi connectivity index (χ0) is 24.4. The molecule has 1 amide bonds. The summed E-state index contributed by atoms with van der Waals surface area (Å²) in [6, 6.07) is 3.72. The van der Waals surface area contributed by atoms with Crippen LogP contribution in [0.2, 0.25) is 0 Å². The summed E-state index contributed by atoms with van der Waals surface area (Å²) in [7, 11) is -3.35. The normalized spacial score (nSPS) is 15.1. The van der Waals surface area contributed by atoms with Crippen molar-refractivity contribution >= 4 is 27.9 Å². The minimum absolute atomic E-state index is 0.0327. The van der Waals surface area contributed by atoms with Gasteiger partial charge in [-0.2, -0.15) is 0 Å². The van der Waals surface area contributed by atoms with E-state index in [2.05, 4.69) is 4.98 Å². The van der Waals surface area contributed by atoms with Crippen molar-refractivity contribution in [2.45, 2.75) is 53.0 Å². The van der Waals surface area contributed by atoms with E-state index in [1.165, 1.54) is 0 Å². The SMILES string of the molecule is CC(C)(C)C(=O)N(CCS(=O)(=O)N1CCCCCC1)Cc1cccnc1.O=C(O)C(=O)O. The lowest BCUT2D eigenvalue weighted by molar-refractivity contribution is -0.159. The van der Waals surface area contributed by atoms with Gasteiger partial charge in [-0.25, -0.2) is 22.3 Å². The summed E-state index contributed by atoms with van der Waals surface area (Å²) in [5.41, 5.74) is 0.339. The van der Waals surface area contributed by atoms with Crippen LogP contribution in [0.4, 0.5) is 0 Å². The van der Waals surface area contributed by atoms with E-state index < -0.39 is 27.4 Å². The van der Waals surface area contributed by atoms with E-state index in [0.717, 1.165) is 31.2 Å². The van der Waals surface area contributed by atoms with Crippen molar-refractivity contribution in [2.75, 3.05) is 25.4 Å². The standard InChI is InChI=1S/C19H31N3O3S.C2H2O4/c1-19(2,3)18(23)21(16-17-9-8-10-20-15-17)13-14-26(24,25)22-11-6-4-5-7-12-22;3-1(4)2(5)6/h8-10,15H,4-7,11-14,16H2,1-3H3;(H,3,4)(H,5,6). The molecule has 0 atom stereocenters. The number of carboxylic acid groups (broad SMARTS) is 2. The monoisotopic (exact) mass is 471 g/mol. The third kappa shape index (κ3) is 9.73. The highest BCUT2D eigenvalue weighted by Gasteiger charge is 2.30. The predicted molar refractivity (Wildman–Crippen MR) is 118 cm³/mol. The molecule has 0 bridgehead atoms. The molecule has 1 aliphatic rings. The summed E-state index contributed by atoms with van der Waals surface area (Å²) >= 11 is 0. The molecule has 0 spiro atoms. The molecule has 0 aromatic carbocycles. The Hall–Kier alpha value is -2.53. The molecule has 1 aromatic rings. The van der Waals surface area contributed by atoms with Crippen molar-refractivity contribution in [3.63, 3.8) is 0 Å². The first kappa shape index (κ1) is 27.5. The highest BCUT2D eigenvalue weighted by Crippen LogP contribution is 2.20. The van der Waals surface area contributed by atoms with Crippen LogP contribution in [-0.4, -0.2) is 76.1 Å². The van der Waals surface area contributed by atoms with Crippen molar-refractivity contribution in [1.29, 1.82) is 0 Å². The van der Waals surface area contributed by atoms with Crippen LogP contribution in [0.3, 0.4) is 0 Å². The maximum atomic E-state index is 12.8. The zero-order valence-corrected chi connectivity index (χ0v) is 19.7. The van der Waals surface area contributed by atoms with Crippen LogP contribution in [-0.2, 0) is 31.0 Å². The molecular formula is C21H33N3O7S. The average molecular weight is 472 g/mol. The maximum Gasteiger partial charge on any atom is 0.414 e. The van der Waals surface area contributed by atoms with Crippen LogP contribution in [0.25, 0.3) is 0 Å². The van der Waals surface area contributed by atoms with E-state index in [4.69, 9.17) is 19.8 Å². The molecule has 1 saturated heterocycles. The molecule has 0 saturated carbocycles. The van der Waals surface area contributed by atoms with E-state index in [1.54, 1.807) is 21.6 Å². The number of carboxylic acids is 2. The van der Waals surface area contributed by atoms with Gasteiger partial charge in [-0.05, 0) is 24.5 Å². The molecule has 180 valence electrons. The molecule has 10 nitrogen and oxygen atoms in total. The predicted octanol–water partition coefficient (Wildman–Crippen LogP) is 1.82. The molecule has 32 heavy (non-hydrogen) atoms. The van der Waals surface area contributed by atoms with Gasteiger partial charge in [0.15, 0.2) is 0 Å². The van der Waals surface area contributed by atoms with Gasteiger partial charge in [0.1, 0.15) is 0 Å². The second-order valence-electron chi connectivity index (χ2n) is 8.58. The first-order valence-electron chi connectivity index (χ1n) is 10.5. The molecule has 0 unspecified atom stereocenters. The minimum Gasteiger partial charge on any atom is -0.473 e. The minimum atomic E-state index is -3.35. The Kier molecular flexibility index (Phi) is 10.7. The molecule has 1 aromatic heterocycles. The van der Waals surface area contributed by atoms with E-state index >= 15 is 0 Å². The fraction of sp³-hybridized carbons (Fsp3) is 0.619. The van der Waals surface area contributed by atoms with Crippen molar-refractivity contribution in [3.05, 3.63) is 30.1 Å². The third-order valence-electron chi connectivity index (χ3n) is 4.79. The van der Waals surface area contributed by atoms with E-state index in [0.29, 0.717) is 19.6 Å². The van der Waals surface area contributed by atoms with Gasteiger partial charge in [0.2, 0.25) is 15.9 Å². The number of carbonyl (C=O) groups is 3. The van der Waals surface area contributed by atoms with Gasteiger partial charge in [0.05, 0.1) is 5.75 Å². The summed E-state index contributed by atoms with van der Waals surface area (Å²) < 4.78 is 27.1. The Morgan fingerprint density at radius 1 is 1.06 bits per heavy atom. The largest absolute Gasteiger partial charge is 0.473 e. The Bertz CT molecular complexity index is 847. The van der Waals surface area contributed by atoms with Gasteiger partial charge in [-0.1, -0.05) is 39.7 Å². The topological polar surface area (TPSA) is 145 Å². The Morgan fingerprint density at radius 2 is 1.62 bits per heavy atom. The van der Waals surface area contributed by atoms with Crippen LogP contribution in [0, 0.1) is 5.41 Å². The Balaban J connectivity index is 0.000000751. The number of aromatic nitrogens is 1. The summed E-state index contributed by atoms with van der Waals surface area (Å²) in [5.74, 6) is -3.73. The second kappa shape index (κ2) is 12.5. The zero-order valence-electron chi connectivity index (χ0n) is 18.9. The number of amides is 1. The van der Waals surface area contributed by atoms with Crippen LogP contribution >= 0.6 is 0 Å². The Labute approximate surface area is 189 Å². The molecule has 1 fully saturated rings. The molecule has 11 heteroatoms. The molecule has 1 aliphatic heterocycles. The molecule has 2 heterocycles. The summed E-state index contributed by atoms with van der Waals surface area (Å²) in [6.45, 7) is 7.33.